The lowest BCUT2D eigenvalue weighted by molar-refractivity contribution is 0.0444. The molecule has 122 valence electrons. The van der Waals surface area contributed by atoms with E-state index in [1.807, 2.05) is 48.5 Å². The van der Waals surface area contributed by atoms with Crippen molar-refractivity contribution in [3.05, 3.63) is 71.9 Å². The first-order chi connectivity index (χ1) is 11.8. The van der Waals surface area contributed by atoms with Crippen LogP contribution in [0.3, 0.4) is 0 Å². The number of pyridine rings is 1. The van der Waals surface area contributed by atoms with Crippen LogP contribution in [0.5, 0.6) is 5.75 Å². The lowest BCUT2D eigenvalue weighted by Gasteiger charge is -2.08. The number of hydrogen-bond acceptors (Lipinski definition) is 4. The standard InChI is InChI=1S/C20H19NO3/c1-2-15-6-5-8-17(14-15)23-12-13-24-20(22)19-11-10-16-7-3-4-9-18(16)21-19/h3-11,14H,2,12-13H2,1H3. The first-order valence-corrected chi connectivity index (χ1v) is 8.01. The van der Waals surface area contributed by atoms with Crippen LogP contribution in [0.15, 0.2) is 60.7 Å². The summed E-state index contributed by atoms with van der Waals surface area (Å²) < 4.78 is 10.8. The second-order valence-electron chi connectivity index (χ2n) is 5.37. The summed E-state index contributed by atoms with van der Waals surface area (Å²) in [5.74, 6) is 0.348. The summed E-state index contributed by atoms with van der Waals surface area (Å²) in [6.45, 7) is 2.59. The van der Waals surface area contributed by atoms with Crippen LogP contribution in [0.25, 0.3) is 10.9 Å². The average Bonchev–Trinajstić information content (AvgIpc) is 2.64. The second-order valence-corrected chi connectivity index (χ2v) is 5.37. The molecule has 4 nitrogen and oxygen atoms in total. The number of rotatable bonds is 6. The van der Waals surface area contributed by atoms with Gasteiger partial charge in [0, 0.05) is 5.39 Å². The van der Waals surface area contributed by atoms with Gasteiger partial charge in [0.1, 0.15) is 24.7 Å². The first kappa shape index (κ1) is 16.0. The van der Waals surface area contributed by atoms with E-state index in [0.717, 1.165) is 23.1 Å². The maximum atomic E-state index is 12.1. The highest BCUT2D eigenvalue weighted by atomic mass is 16.6. The van der Waals surface area contributed by atoms with Gasteiger partial charge in [-0.3, -0.25) is 0 Å². The molecule has 0 aliphatic carbocycles. The van der Waals surface area contributed by atoms with Gasteiger partial charge in [-0.05, 0) is 36.2 Å². The fourth-order valence-corrected chi connectivity index (χ4v) is 2.40. The van der Waals surface area contributed by atoms with E-state index < -0.39 is 5.97 Å². The van der Waals surface area contributed by atoms with Crippen LogP contribution in [-0.4, -0.2) is 24.2 Å². The molecule has 0 saturated heterocycles. The molecule has 1 aromatic heterocycles. The molecule has 0 spiro atoms. The number of para-hydroxylation sites is 1. The largest absolute Gasteiger partial charge is 0.490 e. The van der Waals surface area contributed by atoms with Crippen LogP contribution in [0.4, 0.5) is 0 Å². The van der Waals surface area contributed by atoms with Gasteiger partial charge in [0.25, 0.3) is 0 Å². The lowest BCUT2D eigenvalue weighted by atomic mass is 10.2. The highest BCUT2D eigenvalue weighted by molar-refractivity contribution is 5.90. The van der Waals surface area contributed by atoms with Crippen molar-refractivity contribution < 1.29 is 14.3 Å². The molecule has 3 rings (SSSR count). The maximum absolute atomic E-state index is 12.1. The van der Waals surface area contributed by atoms with Gasteiger partial charge in [-0.1, -0.05) is 43.3 Å². The van der Waals surface area contributed by atoms with E-state index in [1.54, 1.807) is 6.07 Å². The molecule has 4 heteroatoms. The number of carbonyl (C=O) groups excluding carboxylic acids is 1. The van der Waals surface area contributed by atoms with E-state index in [2.05, 4.69) is 18.0 Å². The quantitative estimate of drug-likeness (QED) is 0.508. The molecular weight excluding hydrogens is 302 g/mol. The summed E-state index contributed by atoms with van der Waals surface area (Å²) in [4.78, 5) is 16.4. The summed E-state index contributed by atoms with van der Waals surface area (Å²) in [6, 6.07) is 19.1. The Morgan fingerprint density at radius 1 is 1.00 bits per heavy atom. The zero-order chi connectivity index (χ0) is 16.8. The van der Waals surface area contributed by atoms with Gasteiger partial charge in [-0.25, -0.2) is 9.78 Å². The van der Waals surface area contributed by atoms with Crippen molar-refractivity contribution in [3.63, 3.8) is 0 Å². The Morgan fingerprint density at radius 3 is 2.75 bits per heavy atom. The molecular formula is C20H19NO3. The summed E-state index contributed by atoms with van der Waals surface area (Å²) >= 11 is 0. The summed E-state index contributed by atoms with van der Waals surface area (Å²) in [7, 11) is 0. The third kappa shape index (κ3) is 3.90. The normalized spacial score (nSPS) is 10.5. The predicted molar refractivity (Wildman–Crippen MR) is 93.3 cm³/mol. The molecule has 2 aromatic carbocycles. The molecule has 0 fully saturated rings. The van der Waals surface area contributed by atoms with Crippen molar-refractivity contribution in [1.82, 2.24) is 4.98 Å². The van der Waals surface area contributed by atoms with Crippen LogP contribution < -0.4 is 4.74 Å². The molecule has 0 saturated carbocycles. The van der Waals surface area contributed by atoms with Gasteiger partial charge in [0.05, 0.1) is 5.52 Å². The van der Waals surface area contributed by atoms with E-state index >= 15 is 0 Å². The number of benzene rings is 2. The molecule has 0 amide bonds. The van der Waals surface area contributed by atoms with Crippen molar-refractivity contribution in [2.45, 2.75) is 13.3 Å². The van der Waals surface area contributed by atoms with Crippen LogP contribution >= 0.6 is 0 Å². The molecule has 0 unspecified atom stereocenters. The molecule has 3 aromatic rings. The Hall–Kier alpha value is -2.88. The van der Waals surface area contributed by atoms with Crippen molar-refractivity contribution in [2.24, 2.45) is 0 Å². The monoisotopic (exact) mass is 321 g/mol. The van der Waals surface area contributed by atoms with Crippen molar-refractivity contribution >= 4 is 16.9 Å². The van der Waals surface area contributed by atoms with Crippen molar-refractivity contribution in [2.75, 3.05) is 13.2 Å². The van der Waals surface area contributed by atoms with E-state index in [9.17, 15) is 4.79 Å². The van der Waals surface area contributed by atoms with Gasteiger partial charge in [0.2, 0.25) is 0 Å². The van der Waals surface area contributed by atoms with Gasteiger partial charge >= 0.3 is 5.97 Å². The van der Waals surface area contributed by atoms with E-state index in [1.165, 1.54) is 5.56 Å². The minimum absolute atomic E-state index is 0.184. The Balaban J connectivity index is 1.53. The molecule has 0 aliphatic rings. The molecule has 0 radical (unpaired) electrons. The molecule has 0 N–H and O–H groups in total. The van der Waals surface area contributed by atoms with Crippen LogP contribution in [0.2, 0.25) is 0 Å². The zero-order valence-corrected chi connectivity index (χ0v) is 13.6. The maximum Gasteiger partial charge on any atom is 0.357 e. The number of carbonyl (C=O) groups is 1. The number of nitrogens with zero attached hydrogens (tertiary/aromatic N) is 1. The number of aryl methyl sites for hydroxylation is 1. The Labute approximate surface area is 141 Å². The van der Waals surface area contributed by atoms with E-state index in [-0.39, 0.29) is 6.61 Å². The molecule has 0 atom stereocenters. The zero-order valence-electron chi connectivity index (χ0n) is 13.6. The van der Waals surface area contributed by atoms with Gasteiger partial charge in [-0.15, -0.1) is 0 Å². The minimum atomic E-state index is -0.438. The topological polar surface area (TPSA) is 48.4 Å². The van der Waals surface area contributed by atoms with Gasteiger partial charge in [0.15, 0.2) is 0 Å². The van der Waals surface area contributed by atoms with Crippen LogP contribution in [0, 0.1) is 0 Å². The average molecular weight is 321 g/mol. The molecule has 24 heavy (non-hydrogen) atoms. The smallest absolute Gasteiger partial charge is 0.357 e. The number of fused-ring (bicyclic) bond motifs is 1. The van der Waals surface area contributed by atoms with Crippen LogP contribution in [0.1, 0.15) is 23.0 Å². The Kier molecular flexibility index (Phi) is 5.06. The first-order valence-electron chi connectivity index (χ1n) is 8.01. The minimum Gasteiger partial charge on any atom is -0.490 e. The second kappa shape index (κ2) is 7.59. The number of aromatic nitrogens is 1. The predicted octanol–water partition coefficient (Wildman–Crippen LogP) is 4.03. The highest BCUT2D eigenvalue weighted by Crippen LogP contribution is 2.14. The molecule has 0 aliphatic heterocycles. The van der Waals surface area contributed by atoms with E-state index in [0.29, 0.717) is 12.3 Å². The third-order valence-electron chi connectivity index (χ3n) is 3.70. The Morgan fingerprint density at radius 2 is 1.88 bits per heavy atom. The summed E-state index contributed by atoms with van der Waals surface area (Å²) in [5.41, 5.74) is 2.30. The number of esters is 1. The summed E-state index contributed by atoms with van der Waals surface area (Å²) in [5, 5.41) is 0.994. The molecule has 1 heterocycles. The fraction of sp³-hybridized carbons (Fsp3) is 0.200. The third-order valence-corrected chi connectivity index (χ3v) is 3.70. The van der Waals surface area contributed by atoms with Crippen molar-refractivity contribution in [1.29, 1.82) is 0 Å². The van der Waals surface area contributed by atoms with E-state index in [4.69, 9.17) is 9.47 Å². The van der Waals surface area contributed by atoms with Crippen LogP contribution in [-0.2, 0) is 11.2 Å². The summed E-state index contributed by atoms with van der Waals surface area (Å²) in [6.07, 6.45) is 0.958. The SMILES string of the molecule is CCc1cccc(OCCOC(=O)c2ccc3ccccc3n2)c1. The van der Waals surface area contributed by atoms with Crippen molar-refractivity contribution in [3.8, 4) is 5.75 Å². The Bertz CT molecular complexity index is 845. The fourth-order valence-electron chi connectivity index (χ4n) is 2.40. The highest BCUT2D eigenvalue weighted by Gasteiger charge is 2.09. The molecule has 0 bridgehead atoms. The van der Waals surface area contributed by atoms with Gasteiger partial charge < -0.3 is 9.47 Å². The lowest BCUT2D eigenvalue weighted by Crippen LogP contribution is -2.13. The number of ether oxygens (including phenoxy) is 2. The number of hydrogen-bond donors (Lipinski definition) is 0. The van der Waals surface area contributed by atoms with Gasteiger partial charge in [-0.2, -0.15) is 0 Å².